The molecular weight excluding hydrogens is 380 g/mol. The fourth-order valence-electron chi connectivity index (χ4n) is 2.87. The summed E-state index contributed by atoms with van der Waals surface area (Å²) in [5.41, 5.74) is 5.31. The normalized spacial score (nSPS) is 11.0. The molecular formula is C21H23ClN2O2S. The third kappa shape index (κ3) is 4.60. The second kappa shape index (κ2) is 8.28. The minimum atomic E-state index is -0.0458. The Labute approximate surface area is 168 Å². The maximum absolute atomic E-state index is 12.2. The van der Waals surface area contributed by atoms with Gasteiger partial charge in [0, 0.05) is 11.4 Å². The average molecular weight is 403 g/mol. The molecule has 1 N–H and O–H groups in total. The Bertz CT molecular complexity index is 974. The molecule has 4 nitrogen and oxygen atoms in total. The number of hydrogen-bond acceptors (Lipinski definition) is 4. The summed E-state index contributed by atoms with van der Waals surface area (Å²) in [6, 6.07) is 7.97. The lowest BCUT2D eigenvalue weighted by molar-refractivity contribution is -0.116. The van der Waals surface area contributed by atoms with Crippen LogP contribution >= 0.6 is 22.9 Å². The Kier molecular flexibility index (Phi) is 6.02. The number of nitrogens with zero attached hydrogens (tertiary/aromatic N) is 1. The van der Waals surface area contributed by atoms with Gasteiger partial charge in [-0.05, 0) is 74.6 Å². The van der Waals surface area contributed by atoms with E-state index in [2.05, 4.69) is 36.3 Å². The number of carbonyl (C=O) groups is 1. The molecule has 3 rings (SSSR count). The molecule has 0 fully saturated rings. The lowest BCUT2D eigenvalue weighted by Crippen LogP contribution is -2.12. The zero-order valence-corrected chi connectivity index (χ0v) is 17.6. The van der Waals surface area contributed by atoms with E-state index < -0.39 is 0 Å². The molecule has 3 aromatic rings. The maximum Gasteiger partial charge on any atom is 0.226 e. The number of rotatable bonds is 6. The molecule has 6 heteroatoms. The molecule has 0 aliphatic carbocycles. The van der Waals surface area contributed by atoms with E-state index in [4.69, 9.17) is 16.3 Å². The van der Waals surface area contributed by atoms with Gasteiger partial charge in [-0.15, -0.1) is 0 Å². The summed E-state index contributed by atoms with van der Waals surface area (Å²) in [4.78, 5) is 16.7. The largest absolute Gasteiger partial charge is 0.494 e. The summed E-state index contributed by atoms with van der Waals surface area (Å²) in [5, 5.41) is 4.31. The smallest absolute Gasteiger partial charge is 0.226 e. The van der Waals surface area contributed by atoms with Crippen LogP contribution in [0.3, 0.4) is 0 Å². The molecule has 0 saturated heterocycles. The number of hydrogen-bond donors (Lipinski definition) is 1. The predicted octanol–water partition coefficient (Wildman–Crippen LogP) is 5.98. The first-order valence-electron chi connectivity index (χ1n) is 8.91. The van der Waals surface area contributed by atoms with E-state index in [0.717, 1.165) is 37.7 Å². The zero-order valence-electron chi connectivity index (χ0n) is 16.0. The van der Waals surface area contributed by atoms with E-state index in [-0.39, 0.29) is 5.91 Å². The summed E-state index contributed by atoms with van der Waals surface area (Å²) in [5.74, 6) is 0.738. The van der Waals surface area contributed by atoms with Gasteiger partial charge in [0.05, 0.1) is 16.8 Å². The van der Waals surface area contributed by atoms with E-state index in [0.29, 0.717) is 24.6 Å². The van der Waals surface area contributed by atoms with Crippen LogP contribution in [0.4, 0.5) is 5.13 Å². The number of fused-ring (bicyclic) bond motifs is 1. The van der Waals surface area contributed by atoms with Crippen LogP contribution in [-0.2, 0) is 4.79 Å². The molecule has 0 spiro atoms. The second-order valence-corrected chi connectivity index (χ2v) is 8.15. The number of benzene rings is 2. The first-order valence-corrected chi connectivity index (χ1v) is 10.1. The highest BCUT2D eigenvalue weighted by Gasteiger charge is 2.10. The molecule has 0 atom stereocenters. The van der Waals surface area contributed by atoms with E-state index in [1.807, 2.05) is 26.0 Å². The quantitative estimate of drug-likeness (QED) is 0.516. The summed E-state index contributed by atoms with van der Waals surface area (Å²) >= 11 is 7.67. The third-order valence-electron chi connectivity index (χ3n) is 4.56. The van der Waals surface area contributed by atoms with Gasteiger partial charge >= 0.3 is 0 Å². The molecule has 27 heavy (non-hydrogen) atoms. The lowest BCUT2D eigenvalue weighted by Gasteiger charge is -2.09. The summed E-state index contributed by atoms with van der Waals surface area (Å²) in [6.45, 7) is 8.51. The number of anilines is 1. The van der Waals surface area contributed by atoms with Crippen LogP contribution < -0.4 is 10.1 Å². The van der Waals surface area contributed by atoms with Crippen molar-refractivity contribution in [2.24, 2.45) is 0 Å². The van der Waals surface area contributed by atoms with Gasteiger partial charge in [-0.3, -0.25) is 4.79 Å². The molecule has 0 radical (unpaired) electrons. The van der Waals surface area contributed by atoms with Crippen molar-refractivity contribution >= 4 is 44.2 Å². The van der Waals surface area contributed by atoms with Gasteiger partial charge in [-0.1, -0.05) is 29.0 Å². The fraction of sp³-hybridized carbons (Fsp3) is 0.333. The minimum absolute atomic E-state index is 0.0458. The van der Waals surface area contributed by atoms with Crippen molar-refractivity contribution in [1.29, 1.82) is 0 Å². The van der Waals surface area contributed by atoms with E-state index in [9.17, 15) is 4.79 Å². The number of nitrogens with one attached hydrogen (secondary N) is 1. The summed E-state index contributed by atoms with van der Waals surface area (Å²) in [7, 11) is 0. The zero-order chi connectivity index (χ0) is 19.6. The molecule has 0 aliphatic heterocycles. The highest BCUT2D eigenvalue weighted by Crippen LogP contribution is 2.30. The monoisotopic (exact) mass is 402 g/mol. The third-order valence-corrected chi connectivity index (χ3v) is 6.09. The van der Waals surface area contributed by atoms with E-state index in [1.54, 1.807) is 0 Å². The summed E-state index contributed by atoms with van der Waals surface area (Å²) in [6.07, 6.45) is 1.02. The molecule has 142 valence electrons. The summed E-state index contributed by atoms with van der Waals surface area (Å²) < 4.78 is 6.84. The Morgan fingerprint density at radius 2 is 1.85 bits per heavy atom. The molecule has 0 unspecified atom stereocenters. The van der Waals surface area contributed by atoms with E-state index in [1.165, 1.54) is 16.9 Å². The number of aryl methyl sites for hydroxylation is 4. The van der Waals surface area contributed by atoms with Gasteiger partial charge in [-0.25, -0.2) is 4.98 Å². The standard InChI is InChI=1S/C21H23ClN2O2S/c1-12-7-8-17-20(15(12)4)24-21(27-17)23-18(25)6-5-9-26-16-10-13(2)19(22)14(3)11-16/h7-8,10-11H,5-6,9H2,1-4H3,(H,23,24,25). The molecule has 0 saturated carbocycles. The van der Waals surface area contributed by atoms with Crippen LogP contribution in [0.1, 0.15) is 35.1 Å². The Morgan fingerprint density at radius 1 is 1.15 bits per heavy atom. The SMILES string of the molecule is Cc1cc(OCCCC(=O)Nc2nc3c(C)c(C)ccc3s2)cc(C)c1Cl. The number of thiazole rings is 1. The van der Waals surface area contributed by atoms with Gasteiger partial charge in [0.15, 0.2) is 5.13 Å². The van der Waals surface area contributed by atoms with Crippen LogP contribution in [0, 0.1) is 27.7 Å². The van der Waals surface area contributed by atoms with Crippen molar-refractivity contribution in [3.8, 4) is 5.75 Å². The first kappa shape index (κ1) is 19.6. The van der Waals surface area contributed by atoms with Gasteiger partial charge in [0.25, 0.3) is 0 Å². The van der Waals surface area contributed by atoms with Gasteiger partial charge in [0.2, 0.25) is 5.91 Å². The van der Waals surface area contributed by atoms with Crippen molar-refractivity contribution in [3.05, 3.63) is 51.5 Å². The van der Waals surface area contributed by atoms with Crippen molar-refractivity contribution < 1.29 is 9.53 Å². The van der Waals surface area contributed by atoms with Crippen molar-refractivity contribution in [3.63, 3.8) is 0 Å². The molecule has 2 aromatic carbocycles. The number of halogens is 1. The molecule has 1 heterocycles. The fourth-order valence-corrected chi connectivity index (χ4v) is 3.92. The van der Waals surface area contributed by atoms with E-state index >= 15 is 0 Å². The Balaban J connectivity index is 1.51. The highest BCUT2D eigenvalue weighted by molar-refractivity contribution is 7.22. The van der Waals surface area contributed by atoms with Crippen LogP contribution in [0.2, 0.25) is 5.02 Å². The number of amides is 1. The maximum atomic E-state index is 12.2. The first-order chi connectivity index (χ1) is 12.8. The topological polar surface area (TPSA) is 51.2 Å². The Hall–Kier alpha value is -2.11. The van der Waals surface area contributed by atoms with Crippen LogP contribution in [0.5, 0.6) is 5.75 Å². The number of ether oxygens (including phenoxy) is 1. The van der Waals surface area contributed by atoms with Crippen molar-refractivity contribution in [2.45, 2.75) is 40.5 Å². The van der Waals surface area contributed by atoms with Crippen LogP contribution in [-0.4, -0.2) is 17.5 Å². The van der Waals surface area contributed by atoms with Crippen molar-refractivity contribution in [1.82, 2.24) is 4.98 Å². The number of carbonyl (C=O) groups excluding carboxylic acids is 1. The molecule has 0 bridgehead atoms. The van der Waals surface area contributed by atoms with Crippen molar-refractivity contribution in [2.75, 3.05) is 11.9 Å². The molecule has 0 aliphatic rings. The average Bonchev–Trinajstić information content (AvgIpc) is 3.03. The molecule has 1 aromatic heterocycles. The second-order valence-electron chi connectivity index (χ2n) is 6.74. The lowest BCUT2D eigenvalue weighted by atomic mass is 10.1. The van der Waals surface area contributed by atoms with Gasteiger partial charge < -0.3 is 10.1 Å². The minimum Gasteiger partial charge on any atom is -0.494 e. The van der Waals surface area contributed by atoms with Crippen LogP contribution in [0.15, 0.2) is 24.3 Å². The highest BCUT2D eigenvalue weighted by atomic mass is 35.5. The number of aromatic nitrogens is 1. The predicted molar refractivity (Wildman–Crippen MR) is 113 cm³/mol. The molecule has 1 amide bonds. The van der Waals surface area contributed by atoms with Gasteiger partial charge in [0.1, 0.15) is 5.75 Å². The van der Waals surface area contributed by atoms with Gasteiger partial charge in [-0.2, -0.15) is 0 Å². The van der Waals surface area contributed by atoms with Crippen LogP contribution in [0.25, 0.3) is 10.2 Å². The Morgan fingerprint density at radius 3 is 2.56 bits per heavy atom.